The summed E-state index contributed by atoms with van der Waals surface area (Å²) in [4.78, 5) is 27.5. The van der Waals surface area contributed by atoms with Crippen molar-refractivity contribution in [2.24, 2.45) is 0 Å². The maximum absolute atomic E-state index is 12.6. The van der Waals surface area contributed by atoms with E-state index in [4.69, 9.17) is 9.47 Å². The number of benzene rings is 2. The van der Waals surface area contributed by atoms with Crippen molar-refractivity contribution in [2.45, 2.75) is 51.7 Å². The summed E-state index contributed by atoms with van der Waals surface area (Å²) in [6.07, 6.45) is 2.60. The lowest BCUT2D eigenvalue weighted by atomic mass is 9.91. The van der Waals surface area contributed by atoms with Gasteiger partial charge in [-0.1, -0.05) is 56.3 Å². The van der Waals surface area contributed by atoms with Crippen molar-refractivity contribution in [3.63, 3.8) is 0 Å². The highest BCUT2D eigenvalue weighted by Crippen LogP contribution is 2.37. The summed E-state index contributed by atoms with van der Waals surface area (Å²) >= 11 is 1.53. The second-order valence-corrected chi connectivity index (χ2v) is 9.62. The number of Topliss-reactive ketones (excluding diaryl/α,β-unsaturated/α-hetero) is 2. The molecule has 6 heteroatoms. The number of fused-ring (bicyclic) bond motifs is 1. The number of hydrogen-bond donors (Lipinski definition) is 0. The molecule has 4 rings (SSSR count). The summed E-state index contributed by atoms with van der Waals surface area (Å²) < 4.78 is 12.5. The lowest BCUT2D eigenvalue weighted by molar-refractivity contribution is -0.113. The third-order valence-electron chi connectivity index (χ3n) is 6.32. The van der Waals surface area contributed by atoms with E-state index in [1.807, 2.05) is 69.3 Å². The highest BCUT2D eigenvalue weighted by molar-refractivity contribution is 8.00. The van der Waals surface area contributed by atoms with Gasteiger partial charge in [0.25, 0.3) is 0 Å². The molecular formula is C28H37NO4S. The fourth-order valence-corrected chi connectivity index (χ4v) is 5.66. The molecule has 0 aliphatic carbocycles. The van der Waals surface area contributed by atoms with Crippen LogP contribution in [-0.2, 0) is 9.53 Å². The zero-order valence-corrected chi connectivity index (χ0v) is 21.4. The summed E-state index contributed by atoms with van der Waals surface area (Å²) in [6.45, 7) is 9.64. The molecule has 2 aromatic rings. The summed E-state index contributed by atoms with van der Waals surface area (Å²) in [6, 6.07) is 17.3. The summed E-state index contributed by atoms with van der Waals surface area (Å²) in [5, 5.41) is 0. The van der Waals surface area contributed by atoms with Gasteiger partial charge in [-0.15, -0.1) is 0 Å². The van der Waals surface area contributed by atoms with Crippen molar-refractivity contribution in [1.29, 1.82) is 0 Å². The predicted octanol–water partition coefficient (Wildman–Crippen LogP) is 5.59. The minimum atomic E-state index is -0.396. The van der Waals surface area contributed by atoms with Crippen LogP contribution in [0.4, 0.5) is 0 Å². The van der Waals surface area contributed by atoms with Crippen LogP contribution < -0.4 is 4.74 Å². The van der Waals surface area contributed by atoms with E-state index in [0.717, 1.165) is 56.0 Å². The van der Waals surface area contributed by atoms with E-state index in [2.05, 4.69) is 4.90 Å². The quantitative estimate of drug-likeness (QED) is 0.408. The van der Waals surface area contributed by atoms with Gasteiger partial charge >= 0.3 is 0 Å². The number of piperidine rings is 1. The van der Waals surface area contributed by atoms with Gasteiger partial charge in [-0.25, -0.2) is 0 Å². The SMILES string of the molecule is CC.CC1OC2(CCN(CCCOc3ccccc3)CC2)CSCC(=O)C(=O)c2ccccc21. The van der Waals surface area contributed by atoms with Gasteiger partial charge in [-0.2, -0.15) is 11.8 Å². The van der Waals surface area contributed by atoms with Gasteiger partial charge in [0.1, 0.15) is 5.75 Å². The molecule has 0 saturated carbocycles. The number of thioether (sulfide) groups is 1. The first-order chi connectivity index (χ1) is 16.6. The van der Waals surface area contributed by atoms with Crippen LogP contribution >= 0.6 is 11.8 Å². The third-order valence-corrected chi connectivity index (χ3v) is 7.52. The fourth-order valence-electron chi connectivity index (χ4n) is 4.52. The summed E-state index contributed by atoms with van der Waals surface area (Å²) in [5.41, 5.74) is 1.03. The van der Waals surface area contributed by atoms with E-state index in [9.17, 15) is 9.59 Å². The highest BCUT2D eigenvalue weighted by atomic mass is 32.2. The third kappa shape index (κ3) is 6.94. The molecule has 0 bridgehead atoms. The van der Waals surface area contributed by atoms with E-state index in [-0.39, 0.29) is 23.2 Å². The van der Waals surface area contributed by atoms with E-state index in [1.54, 1.807) is 6.07 Å². The van der Waals surface area contributed by atoms with Crippen LogP contribution in [0.3, 0.4) is 0 Å². The number of rotatable bonds is 5. The maximum Gasteiger partial charge on any atom is 0.229 e. The monoisotopic (exact) mass is 483 g/mol. The van der Waals surface area contributed by atoms with Crippen LogP contribution in [0.25, 0.3) is 0 Å². The number of carbonyl (C=O) groups excluding carboxylic acids is 2. The number of para-hydroxylation sites is 1. The van der Waals surface area contributed by atoms with Crippen molar-refractivity contribution in [3.05, 3.63) is 65.7 Å². The molecular weight excluding hydrogens is 446 g/mol. The molecule has 1 fully saturated rings. The molecule has 184 valence electrons. The van der Waals surface area contributed by atoms with E-state index >= 15 is 0 Å². The average molecular weight is 484 g/mol. The van der Waals surface area contributed by atoms with Crippen molar-refractivity contribution in [3.8, 4) is 5.75 Å². The van der Waals surface area contributed by atoms with Crippen molar-refractivity contribution in [1.82, 2.24) is 4.90 Å². The first-order valence-electron chi connectivity index (χ1n) is 12.4. The van der Waals surface area contributed by atoms with Crippen LogP contribution in [0.1, 0.15) is 62.1 Å². The number of nitrogens with zero attached hydrogens (tertiary/aromatic N) is 1. The number of hydrogen-bond acceptors (Lipinski definition) is 6. The first-order valence-corrected chi connectivity index (χ1v) is 13.5. The maximum atomic E-state index is 12.6. The average Bonchev–Trinajstić information content (AvgIpc) is 2.88. The van der Waals surface area contributed by atoms with Gasteiger partial charge in [0.2, 0.25) is 11.6 Å². The Bertz CT molecular complexity index is 925. The Morgan fingerprint density at radius 2 is 1.71 bits per heavy atom. The van der Waals surface area contributed by atoms with Gasteiger partial charge in [-0.3, -0.25) is 9.59 Å². The Balaban J connectivity index is 0.00000158. The normalized spacial score (nSPS) is 20.7. The van der Waals surface area contributed by atoms with E-state index in [0.29, 0.717) is 12.2 Å². The lowest BCUT2D eigenvalue weighted by Crippen LogP contribution is -2.49. The molecule has 34 heavy (non-hydrogen) atoms. The van der Waals surface area contributed by atoms with E-state index in [1.165, 1.54) is 11.8 Å². The number of ether oxygens (including phenoxy) is 2. The molecule has 0 amide bonds. The number of carbonyl (C=O) groups is 2. The van der Waals surface area contributed by atoms with Crippen molar-refractivity contribution < 1.29 is 19.1 Å². The van der Waals surface area contributed by atoms with Crippen LogP contribution in [0, 0.1) is 0 Å². The number of ketones is 2. The Morgan fingerprint density at radius 1 is 1.03 bits per heavy atom. The molecule has 2 aromatic carbocycles. The first kappa shape index (κ1) is 26.5. The van der Waals surface area contributed by atoms with Gasteiger partial charge in [0.05, 0.1) is 24.1 Å². The second kappa shape index (κ2) is 13.1. The molecule has 1 unspecified atom stereocenters. The van der Waals surface area contributed by atoms with Crippen LogP contribution in [-0.4, -0.2) is 59.8 Å². The van der Waals surface area contributed by atoms with Gasteiger partial charge in [-0.05, 0) is 43.9 Å². The molecule has 1 spiro atoms. The minimum Gasteiger partial charge on any atom is -0.494 e. The van der Waals surface area contributed by atoms with Crippen LogP contribution in [0.5, 0.6) is 5.75 Å². The van der Waals surface area contributed by atoms with Crippen molar-refractivity contribution in [2.75, 3.05) is 37.7 Å². The Labute approximate surface area is 208 Å². The van der Waals surface area contributed by atoms with Gasteiger partial charge < -0.3 is 14.4 Å². The topological polar surface area (TPSA) is 55.8 Å². The largest absolute Gasteiger partial charge is 0.494 e. The molecule has 1 atom stereocenters. The molecule has 0 aromatic heterocycles. The minimum absolute atomic E-state index is 0.215. The summed E-state index contributed by atoms with van der Waals surface area (Å²) in [7, 11) is 0. The van der Waals surface area contributed by atoms with Crippen LogP contribution in [0.2, 0.25) is 0 Å². The Kier molecular flexibility index (Phi) is 10.2. The Morgan fingerprint density at radius 3 is 2.44 bits per heavy atom. The summed E-state index contributed by atoms with van der Waals surface area (Å²) in [5.74, 6) is 1.16. The molecule has 0 radical (unpaired) electrons. The zero-order valence-electron chi connectivity index (χ0n) is 20.6. The lowest BCUT2D eigenvalue weighted by Gasteiger charge is -2.43. The molecule has 2 aliphatic heterocycles. The zero-order chi connectivity index (χ0) is 24.4. The fraction of sp³-hybridized carbons (Fsp3) is 0.500. The Hall–Kier alpha value is -2.15. The molecule has 2 aliphatic rings. The smallest absolute Gasteiger partial charge is 0.229 e. The highest BCUT2D eigenvalue weighted by Gasteiger charge is 2.39. The second-order valence-electron chi connectivity index (χ2n) is 8.63. The van der Waals surface area contributed by atoms with Gasteiger partial charge in [0, 0.05) is 31.0 Å². The number of likely N-dealkylation sites (tertiary alicyclic amines) is 1. The standard InChI is InChI=1S/C26H31NO4S.C2H6/c1-20-22-10-5-6-11-23(22)25(29)24(28)18-32-19-26(31-20)12-15-27(16-13-26)14-7-17-30-21-8-3-2-4-9-21;1-2/h2-6,8-11,20H,7,12-19H2,1H3;1-2H3. The molecule has 5 nitrogen and oxygen atoms in total. The van der Waals surface area contributed by atoms with Crippen LogP contribution in [0.15, 0.2) is 54.6 Å². The molecule has 0 N–H and O–H groups in total. The van der Waals surface area contributed by atoms with Crippen molar-refractivity contribution >= 4 is 23.3 Å². The molecule has 2 heterocycles. The predicted molar refractivity (Wildman–Crippen MR) is 139 cm³/mol. The van der Waals surface area contributed by atoms with Gasteiger partial charge in [0.15, 0.2) is 0 Å². The van der Waals surface area contributed by atoms with E-state index < -0.39 is 5.78 Å². The molecule has 1 saturated heterocycles.